The molecule has 2 aliphatic carbocycles. The summed E-state index contributed by atoms with van der Waals surface area (Å²) in [7, 11) is 0. The van der Waals surface area contributed by atoms with Crippen LogP contribution in [0.4, 0.5) is 0 Å². The van der Waals surface area contributed by atoms with E-state index in [1.807, 2.05) is 6.08 Å². The first-order valence-corrected chi connectivity index (χ1v) is 3.59. The first-order chi connectivity index (χ1) is 4.77. The first kappa shape index (κ1) is 5.89. The molecule has 0 aromatic carbocycles. The maximum atomic E-state index is 10.4. The van der Waals surface area contributed by atoms with Gasteiger partial charge in [-0.2, -0.15) is 0 Å². The Morgan fingerprint density at radius 3 is 2.50 bits per heavy atom. The standard InChI is InChI=1S/C7H9NO2/c9-8(10)7-4-5-1-2-6(7)3-5/h1-2,5-7H,3-4H2. The van der Waals surface area contributed by atoms with Gasteiger partial charge in [-0.05, 0) is 12.3 Å². The summed E-state index contributed by atoms with van der Waals surface area (Å²) >= 11 is 0. The third kappa shape index (κ3) is 0.664. The number of hydrogen-bond donors (Lipinski definition) is 0. The molecule has 1 saturated carbocycles. The SMILES string of the molecule is O=[N+]([O-])C1CC2C=CC1C2. The molecule has 3 nitrogen and oxygen atoms in total. The second-order valence-corrected chi connectivity index (χ2v) is 3.13. The number of hydrogen-bond acceptors (Lipinski definition) is 2. The zero-order valence-corrected chi connectivity index (χ0v) is 5.56. The predicted octanol–water partition coefficient (Wildman–Crippen LogP) is 1.23. The van der Waals surface area contributed by atoms with Gasteiger partial charge in [-0.25, -0.2) is 0 Å². The molecule has 0 radical (unpaired) electrons. The lowest BCUT2D eigenvalue weighted by atomic mass is 10.0. The molecule has 0 amide bonds. The molecular formula is C7H9NO2. The molecular weight excluding hydrogens is 130 g/mol. The molecule has 0 aromatic rings. The number of fused-ring (bicyclic) bond motifs is 2. The van der Waals surface area contributed by atoms with E-state index in [0.29, 0.717) is 5.92 Å². The van der Waals surface area contributed by atoms with Crippen LogP contribution in [0.25, 0.3) is 0 Å². The average molecular weight is 139 g/mol. The Bertz CT molecular complexity index is 200. The molecule has 2 aliphatic rings. The largest absolute Gasteiger partial charge is 0.264 e. The van der Waals surface area contributed by atoms with E-state index in [1.165, 1.54) is 0 Å². The van der Waals surface area contributed by atoms with Gasteiger partial charge in [0.2, 0.25) is 6.04 Å². The van der Waals surface area contributed by atoms with Gasteiger partial charge in [0.15, 0.2) is 0 Å². The second-order valence-electron chi connectivity index (χ2n) is 3.13. The normalized spacial score (nSPS) is 42.6. The average Bonchev–Trinajstić information content (AvgIpc) is 2.44. The van der Waals surface area contributed by atoms with E-state index < -0.39 is 0 Å². The van der Waals surface area contributed by atoms with Crippen molar-refractivity contribution in [3.8, 4) is 0 Å². The van der Waals surface area contributed by atoms with Crippen molar-refractivity contribution in [2.24, 2.45) is 11.8 Å². The maximum absolute atomic E-state index is 10.4. The van der Waals surface area contributed by atoms with Gasteiger partial charge < -0.3 is 0 Å². The maximum Gasteiger partial charge on any atom is 0.219 e. The zero-order valence-electron chi connectivity index (χ0n) is 5.56. The van der Waals surface area contributed by atoms with Crippen molar-refractivity contribution in [3.63, 3.8) is 0 Å². The molecule has 0 heterocycles. The van der Waals surface area contributed by atoms with Crippen molar-refractivity contribution < 1.29 is 4.92 Å². The molecule has 0 aliphatic heterocycles. The molecule has 3 atom stereocenters. The minimum atomic E-state index is -0.269. The Labute approximate surface area is 58.9 Å². The van der Waals surface area contributed by atoms with Crippen LogP contribution in [0.5, 0.6) is 0 Å². The molecule has 10 heavy (non-hydrogen) atoms. The smallest absolute Gasteiger partial charge is 0.219 e. The molecule has 0 aromatic heterocycles. The van der Waals surface area contributed by atoms with Crippen LogP contribution in [0.2, 0.25) is 0 Å². The highest BCUT2D eigenvalue weighted by Gasteiger charge is 2.42. The van der Waals surface area contributed by atoms with Gasteiger partial charge in [0.25, 0.3) is 0 Å². The minimum Gasteiger partial charge on any atom is -0.264 e. The summed E-state index contributed by atoms with van der Waals surface area (Å²) in [6, 6.07) is -0.269. The molecule has 54 valence electrons. The highest BCUT2D eigenvalue weighted by Crippen LogP contribution is 2.40. The molecule has 1 fully saturated rings. The van der Waals surface area contributed by atoms with Crippen LogP contribution in [0.3, 0.4) is 0 Å². The molecule has 0 N–H and O–H groups in total. The van der Waals surface area contributed by atoms with Crippen LogP contribution < -0.4 is 0 Å². The summed E-state index contributed by atoms with van der Waals surface area (Å²) in [5, 5.41) is 10.4. The van der Waals surface area contributed by atoms with E-state index >= 15 is 0 Å². The third-order valence-electron chi connectivity index (χ3n) is 2.51. The monoisotopic (exact) mass is 139 g/mol. The summed E-state index contributed by atoms with van der Waals surface area (Å²) in [6.07, 6.45) is 5.91. The summed E-state index contributed by atoms with van der Waals surface area (Å²) in [5.41, 5.74) is 0. The summed E-state index contributed by atoms with van der Waals surface area (Å²) < 4.78 is 0. The van der Waals surface area contributed by atoms with Crippen LogP contribution in [-0.4, -0.2) is 11.0 Å². The first-order valence-electron chi connectivity index (χ1n) is 3.59. The molecule has 2 bridgehead atoms. The predicted molar refractivity (Wildman–Crippen MR) is 36.1 cm³/mol. The van der Waals surface area contributed by atoms with E-state index in [2.05, 4.69) is 6.08 Å². The van der Waals surface area contributed by atoms with Gasteiger partial charge in [-0.15, -0.1) is 0 Å². The van der Waals surface area contributed by atoms with Crippen molar-refractivity contribution in [2.45, 2.75) is 18.9 Å². The lowest BCUT2D eigenvalue weighted by molar-refractivity contribution is -0.527. The fraction of sp³-hybridized carbons (Fsp3) is 0.714. The fourth-order valence-electron chi connectivity index (χ4n) is 1.99. The van der Waals surface area contributed by atoms with Gasteiger partial charge in [-0.1, -0.05) is 12.2 Å². The highest BCUT2D eigenvalue weighted by atomic mass is 16.6. The van der Waals surface area contributed by atoms with E-state index in [0.717, 1.165) is 12.8 Å². The van der Waals surface area contributed by atoms with Crippen molar-refractivity contribution in [1.29, 1.82) is 0 Å². The Kier molecular flexibility index (Phi) is 1.07. The lowest BCUT2D eigenvalue weighted by Crippen LogP contribution is -2.23. The fourth-order valence-corrected chi connectivity index (χ4v) is 1.99. The second kappa shape index (κ2) is 1.81. The minimum absolute atomic E-state index is 0.131. The van der Waals surface area contributed by atoms with Gasteiger partial charge >= 0.3 is 0 Å². The Hall–Kier alpha value is -0.860. The van der Waals surface area contributed by atoms with Crippen molar-refractivity contribution >= 4 is 0 Å². The molecule has 2 rings (SSSR count). The van der Waals surface area contributed by atoms with E-state index in [1.54, 1.807) is 0 Å². The molecule has 0 spiro atoms. The van der Waals surface area contributed by atoms with Crippen molar-refractivity contribution in [2.75, 3.05) is 0 Å². The molecule has 0 saturated heterocycles. The van der Waals surface area contributed by atoms with Gasteiger partial charge in [0.1, 0.15) is 0 Å². The summed E-state index contributed by atoms with van der Waals surface area (Å²) in [4.78, 5) is 10.2. The zero-order chi connectivity index (χ0) is 7.14. The third-order valence-corrected chi connectivity index (χ3v) is 2.51. The topological polar surface area (TPSA) is 43.1 Å². The van der Waals surface area contributed by atoms with E-state index in [9.17, 15) is 10.1 Å². The van der Waals surface area contributed by atoms with Gasteiger partial charge in [0.05, 0.1) is 0 Å². The summed E-state index contributed by atoms with van der Waals surface area (Å²) in [6.45, 7) is 0. The Morgan fingerprint density at radius 1 is 1.40 bits per heavy atom. The van der Waals surface area contributed by atoms with Gasteiger partial charge in [-0.3, -0.25) is 10.1 Å². The Morgan fingerprint density at radius 2 is 2.20 bits per heavy atom. The van der Waals surface area contributed by atoms with Crippen molar-refractivity contribution in [3.05, 3.63) is 22.3 Å². The molecule has 3 heteroatoms. The van der Waals surface area contributed by atoms with Crippen LogP contribution >= 0.6 is 0 Å². The number of allylic oxidation sites excluding steroid dienone is 1. The highest BCUT2D eigenvalue weighted by molar-refractivity contribution is 5.10. The molecule has 3 unspecified atom stereocenters. The lowest BCUT2D eigenvalue weighted by Gasteiger charge is -2.08. The summed E-state index contributed by atoms with van der Waals surface area (Å²) in [5.74, 6) is 0.764. The van der Waals surface area contributed by atoms with Crippen LogP contribution in [0, 0.1) is 22.0 Å². The quantitative estimate of drug-likeness (QED) is 0.311. The van der Waals surface area contributed by atoms with Crippen LogP contribution in [0.15, 0.2) is 12.2 Å². The van der Waals surface area contributed by atoms with Crippen LogP contribution in [0.1, 0.15) is 12.8 Å². The number of nitro groups is 1. The van der Waals surface area contributed by atoms with Crippen molar-refractivity contribution in [1.82, 2.24) is 0 Å². The van der Waals surface area contributed by atoms with Crippen LogP contribution in [-0.2, 0) is 0 Å². The van der Waals surface area contributed by atoms with E-state index in [-0.39, 0.29) is 16.9 Å². The number of nitrogens with zero attached hydrogens (tertiary/aromatic N) is 1. The van der Waals surface area contributed by atoms with E-state index in [4.69, 9.17) is 0 Å². The Balaban J connectivity index is 2.16. The van der Waals surface area contributed by atoms with Gasteiger partial charge in [0, 0.05) is 17.3 Å². The number of rotatable bonds is 1.